The molecule has 47 heavy (non-hydrogen) atoms. The third-order valence-electron chi connectivity index (χ3n) is 8.14. The molecule has 0 saturated carbocycles. The van der Waals surface area contributed by atoms with Crippen LogP contribution in [0.3, 0.4) is 0 Å². The van der Waals surface area contributed by atoms with Crippen molar-refractivity contribution >= 4 is 70.2 Å². The molecule has 0 unspecified atom stereocenters. The van der Waals surface area contributed by atoms with Gasteiger partial charge >= 0.3 is 22.1 Å². The SMILES string of the molecule is CC(=O)Oc1c(S(=O)(=O)Oc2c(C)cc(-c3c4ccccc4c(Br)c4sc(C)c(C)c34)cc2C)ccc(C(=O)O)c1-c1ccccc1. The molecule has 0 amide bonds. The van der Waals surface area contributed by atoms with Crippen LogP contribution in [-0.2, 0) is 14.9 Å². The van der Waals surface area contributed by atoms with E-state index in [0.29, 0.717) is 16.7 Å². The molecule has 0 atom stereocenters. The van der Waals surface area contributed by atoms with Crippen LogP contribution in [0.5, 0.6) is 11.5 Å². The minimum atomic E-state index is -4.64. The Morgan fingerprint density at radius 2 is 1.40 bits per heavy atom. The van der Waals surface area contributed by atoms with Crippen molar-refractivity contribution in [3.05, 3.63) is 110 Å². The molecule has 0 saturated heterocycles. The van der Waals surface area contributed by atoms with Crippen molar-refractivity contribution in [1.82, 2.24) is 0 Å². The lowest BCUT2D eigenvalue weighted by molar-refractivity contribution is -0.132. The van der Waals surface area contributed by atoms with Crippen LogP contribution < -0.4 is 8.92 Å². The molecule has 0 aliphatic carbocycles. The van der Waals surface area contributed by atoms with Crippen LogP contribution in [0.2, 0.25) is 0 Å². The maximum absolute atomic E-state index is 14.0. The fourth-order valence-corrected chi connectivity index (χ4v) is 9.07. The molecule has 0 bridgehead atoms. The average Bonchev–Trinajstić information content (AvgIpc) is 3.32. The summed E-state index contributed by atoms with van der Waals surface area (Å²) in [5, 5.41) is 13.2. The van der Waals surface area contributed by atoms with Gasteiger partial charge in [0.25, 0.3) is 0 Å². The van der Waals surface area contributed by atoms with Crippen LogP contribution in [0.1, 0.15) is 38.8 Å². The molecule has 1 aromatic heterocycles. The van der Waals surface area contributed by atoms with Gasteiger partial charge in [-0.05, 0) is 112 Å². The molecule has 10 heteroatoms. The number of carbonyl (C=O) groups excluding carboxylic acids is 1. The fraction of sp³-hybridized carbons (Fsp3) is 0.135. The fourth-order valence-electron chi connectivity index (χ4n) is 5.99. The van der Waals surface area contributed by atoms with Crippen LogP contribution in [0.25, 0.3) is 43.1 Å². The maximum atomic E-state index is 14.0. The highest BCUT2D eigenvalue weighted by Gasteiger charge is 2.31. The number of carboxylic acids is 1. The summed E-state index contributed by atoms with van der Waals surface area (Å²) in [5.41, 5.74) is 4.39. The number of hydrogen-bond acceptors (Lipinski definition) is 7. The second-order valence-corrected chi connectivity index (χ2v) is 14.8. The van der Waals surface area contributed by atoms with Gasteiger partial charge in [0.1, 0.15) is 10.6 Å². The molecule has 0 fully saturated rings. The predicted octanol–water partition coefficient (Wildman–Crippen LogP) is 9.78. The zero-order valence-corrected chi connectivity index (χ0v) is 29.3. The topological polar surface area (TPSA) is 107 Å². The van der Waals surface area contributed by atoms with Crippen molar-refractivity contribution in [3.63, 3.8) is 0 Å². The van der Waals surface area contributed by atoms with Gasteiger partial charge < -0.3 is 14.0 Å². The number of aromatic carboxylic acids is 1. The molecule has 0 aliphatic heterocycles. The quantitative estimate of drug-likeness (QED) is 0.0991. The summed E-state index contributed by atoms with van der Waals surface area (Å²) in [6.45, 7) is 8.90. The molecule has 1 heterocycles. The molecule has 5 aromatic carbocycles. The normalized spacial score (nSPS) is 11.6. The number of ether oxygens (including phenoxy) is 1. The van der Waals surface area contributed by atoms with Crippen LogP contribution in [0, 0.1) is 27.7 Å². The van der Waals surface area contributed by atoms with E-state index in [2.05, 4.69) is 41.9 Å². The van der Waals surface area contributed by atoms with Crippen molar-refractivity contribution < 1.29 is 32.0 Å². The third kappa shape index (κ3) is 5.71. The van der Waals surface area contributed by atoms with E-state index in [4.69, 9.17) is 8.92 Å². The van der Waals surface area contributed by atoms with Gasteiger partial charge in [0, 0.05) is 27.2 Å². The summed E-state index contributed by atoms with van der Waals surface area (Å²) >= 11 is 5.58. The number of carbonyl (C=O) groups is 2. The first-order valence-corrected chi connectivity index (χ1v) is 17.6. The van der Waals surface area contributed by atoms with Gasteiger partial charge in [-0.25, -0.2) is 4.79 Å². The maximum Gasteiger partial charge on any atom is 0.343 e. The highest BCUT2D eigenvalue weighted by atomic mass is 79.9. The lowest BCUT2D eigenvalue weighted by Gasteiger charge is -2.19. The first-order chi connectivity index (χ1) is 22.3. The van der Waals surface area contributed by atoms with Crippen molar-refractivity contribution in [2.24, 2.45) is 0 Å². The Morgan fingerprint density at radius 1 is 0.787 bits per heavy atom. The molecular formula is C37H29BrO7S2. The zero-order chi connectivity index (χ0) is 33.8. The molecule has 7 nitrogen and oxygen atoms in total. The first-order valence-electron chi connectivity index (χ1n) is 14.6. The van der Waals surface area contributed by atoms with Crippen LogP contribution in [-0.4, -0.2) is 25.5 Å². The zero-order valence-electron chi connectivity index (χ0n) is 26.1. The Morgan fingerprint density at radius 3 is 2.02 bits per heavy atom. The molecule has 238 valence electrons. The number of benzene rings is 5. The number of fused-ring (bicyclic) bond motifs is 2. The van der Waals surface area contributed by atoms with Crippen molar-refractivity contribution in [1.29, 1.82) is 0 Å². The summed E-state index contributed by atoms with van der Waals surface area (Å²) in [5.74, 6) is -2.41. The van der Waals surface area contributed by atoms with Crippen molar-refractivity contribution in [2.75, 3.05) is 0 Å². The Labute approximate surface area is 284 Å². The molecule has 0 spiro atoms. The molecule has 6 aromatic rings. The van der Waals surface area contributed by atoms with Gasteiger partial charge in [-0.3, -0.25) is 4.79 Å². The Balaban J connectivity index is 1.52. The molecule has 0 radical (unpaired) electrons. The Kier molecular flexibility index (Phi) is 8.46. The number of carboxylic acid groups (broad SMARTS) is 1. The van der Waals surface area contributed by atoms with Crippen LogP contribution in [0.15, 0.2) is 88.2 Å². The molecule has 0 aliphatic rings. The number of halogens is 1. The second-order valence-electron chi connectivity index (χ2n) is 11.3. The Hall–Kier alpha value is -4.51. The summed E-state index contributed by atoms with van der Waals surface area (Å²) in [4.78, 5) is 25.2. The van der Waals surface area contributed by atoms with Gasteiger partial charge in [0.2, 0.25) is 0 Å². The number of aryl methyl sites for hydroxylation is 4. The largest absolute Gasteiger partial charge is 0.478 e. The van der Waals surface area contributed by atoms with E-state index in [9.17, 15) is 23.1 Å². The lowest BCUT2D eigenvalue weighted by Crippen LogP contribution is -2.16. The molecule has 1 N–H and O–H groups in total. The minimum Gasteiger partial charge on any atom is -0.478 e. The summed E-state index contributed by atoms with van der Waals surface area (Å²) in [6.07, 6.45) is 0. The van der Waals surface area contributed by atoms with E-state index in [1.54, 1.807) is 55.5 Å². The second kappa shape index (κ2) is 12.3. The summed E-state index contributed by atoms with van der Waals surface area (Å²) in [7, 11) is -4.64. The molecular weight excluding hydrogens is 700 g/mol. The van der Waals surface area contributed by atoms with E-state index < -0.39 is 32.7 Å². The number of esters is 1. The van der Waals surface area contributed by atoms with Crippen molar-refractivity contribution in [2.45, 2.75) is 39.5 Å². The van der Waals surface area contributed by atoms with E-state index in [-0.39, 0.29) is 16.9 Å². The van der Waals surface area contributed by atoms with Gasteiger partial charge in [-0.1, -0.05) is 54.6 Å². The monoisotopic (exact) mass is 728 g/mol. The number of hydrogen-bond donors (Lipinski definition) is 1. The number of thiophene rings is 1. The average molecular weight is 730 g/mol. The standard InChI is InChI=1S/C37H29BrO7S2/c1-19-17-25(31-26-13-9-10-14-27(26)33(38)36-30(31)21(3)22(4)46-36)18-20(2)34(19)45-47(42,43)29-16-15-28(37(40)41)32(35(29)44-23(5)39)24-11-7-6-8-12-24/h6-18H,1-5H3,(H,40,41). The lowest BCUT2D eigenvalue weighted by atomic mass is 9.91. The first kappa shape index (κ1) is 32.4. The molecule has 6 rings (SSSR count). The number of rotatable bonds is 7. The Bertz CT molecular complexity index is 2350. The van der Waals surface area contributed by atoms with E-state index in [1.165, 1.54) is 16.5 Å². The van der Waals surface area contributed by atoms with E-state index in [0.717, 1.165) is 49.4 Å². The van der Waals surface area contributed by atoms with Gasteiger partial charge in [0.05, 0.1) is 10.3 Å². The van der Waals surface area contributed by atoms with Gasteiger partial charge in [0.15, 0.2) is 5.75 Å². The highest BCUT2D eigenvalue weighted by Crippen LogP contribution is 2.48. The highest BCUT2D eigenvalue weighted by molar-refractivity contribution is 9.11. The summed E-state index contributed by atoms with van der Waals surface area (Å²) < 4.78 is 41.4. The van der Waals surface area contributed by atoms with Crippen molar-refractivity contribution in [3.8, 4) is 33.8 Å². The van der Waals surface area contributed by atoms with E-state index in [1.807, 2.05) is 24.3 Å². The van der Waals surface area contributed by atoms with Gasteiger partial charge in [-0.15, -0.1) is 11.3 Å². The predicted molar refractivity (Wildman–Crippen MR) is 189 cm³/mol. The third-order valence-corrected chi connectivity index (χ3v) is 11.7. The minimum absolute atomic E-state index is 0.0469. The van der Waals surface area contributed by atoms with E-state index >= 15 is 0 Å². The van der Waals surface area contributed by atoms with Crippen LogP contribution in [0.4, 0.5) is 0 Å². The van der Waals surface area contributed by atoms with Crippen LogP contribution >= 0.6 is 27.3 Å². The smallest absolute Gasteiger partial charge is 0.343 e. The summed E-state index contributed by atoms with van der Waals surface area (Å²) in [6, 6.07) is 22.6. The van der Waals surface area contributed by atoms with Gasteiger partial charge in [-0.2, -0.15) is 8.42 Å².